The van der Waals surface area contributed by atoms with Crippen molar-refractivity contribution in [1.82, 2.24) is 9.80 Å². The van der Waals surface area contributed by atoms with Crippen molar-refractivity contribution in [3.63, 3.8) is 0 Å². The van der Waals surface area contributed by atoms with E-state index >= 15 is 0 Å². The number of furan rings is 1. The van der Waals surface area contributed by atoms with Gasteiger partial charge in [0.15, 0.2) is 10.4 Å². The molecule has 1 atom stereocenters. The van der Waals surface area contributed by atoms with Gasteiger partial charge in [-0.25, -0.2) is 0 Å². The Bertz CT molecular complexity index is 626. The summed E-state index contributed by atoms with van der Waals surface area (Å²) in [5, 5.41) is 0. The molecule has 1 amide bonds. The Labute approximate surface area is 132 Å². The van der Waals surface area contributed by atoms with Crippen LogP contribution in [0, 0.1) is 0 Å². The molecule has 1 fully saturated rings. The molecule has 21 heavy (non-hydrogen) atoms. The molecular weight excluding hydrogens is 332 g/mol. The van der Waals surface area contributed by atoms with Gasteiger partial charge in [-0.05, 0) is 40.7 Å². The maximum atomic E-state index is 12.7. The molecular formula is C16H17BrN2O2. The number of halogens is 1. The zero-order valence-corrected chi connectivity index (χ0v) is 13.4. The zero-order chi connectivity index (χ0) is 14.8. The third-order valence-electron chi connectivity index (χ3n) is 3.81. The minimum absolute atomic E-state index is 0.0531. The highest BCUT2D eigenvalue weighted by Gasteiger charge is 2.32. The van der Waals surface area contributed by atoms with Crippen LogP contribution >= 0.6 is 15.9 Å². The summed E-state index contributed by atoms with van der Waals surface area (Å²) in [7, 11) is 2.08. The van der Waals surface area contributed by atoms with Crippen LogP contribution in [0.4, 0.5) is 0 Å². The minimum Gasteiger partial charge on any atom is -0.444 e. The molecule has 0 aliphatic carbocycles. The number of piperazine rings is 1. The molecule has 4 nitrogen and oxygen atoms in total. The van der Waals surface area contributed by atoms with E-state index in [0.29, 0.717) is 17.0 Å². The van der Waals surface area contributed by atoms with Gasteiger partial charge in [-0.1, -0.05) is 30.3 Å². The van der Waals surface area contributed by atoms with Crippen LogP contribution in [-0.4, -0.2) is 42.4 Å². The largest absolute Gasteiger partial charge is 0.444 e. The Kier molecular flexibility index (Phi) is 4.12. The SMILES string of the molecule is CN1CCN(C(=O)c2ccc(Br)o2)C(c2ccccc2)C1. The van der Waals surface area contributed by atoms with E-state index in [1.807, 2.05) is 23.1 Å². The van der Waals surface area contributed by atoms with Gasteiger partial charge in [0.2, 0.25) is 0 Å². The minimum atomic E-state index is -0.0531. The Morgan fingerprint density at radius 1 is 1.19 bits per heavy atom. The van der Waals surface area contributed by atoms with Crippen LogP contribution in [-0.2, 0) is 0 Å². The number of hydrogen-bond acceptors (Lipinski definition) is 3. The van der Waals surface area contributed by atoms with Crippen molar-refractivity contribution in [3.8, 4) is 0 Å². The average molecular weight is 349 g/mol. The molecule has 3 rings (SSSR count). The molecule has 1 aliphatic rings. The van der Waals surface area contributed by atoms with Crippen molar-refractivity contribution in [2.45, 2.75) is 6.04 Å². The van der Waals surface area contributed by atoms with Crippen molar-refractivity contribution in [2.24, 2.45) is 0 Å². The summed E-state index contributed by atoms with van der Waals surface area (Å²) in [5.41, 5.74) is 1.16. The quantitative estimate of drug-likeness (QED) is 0.836. The van der Waals surface area contributed by atoms with Crippen LogP contribution in [0.1, 0.15) is 22.2 Å². The number of nitrogens with zero attached hydrogens (tertiary/aromatic N) is 2. The van der Waals surface area contributed by atoms with Crippen LogP contribution < -0.4 is 0 Å². The second-order valence-electron chi connectivity index (χ2n) is 5.29. The van der Waals surface area contributed by atoms with Gasteiger partial charge in [-0.3, -0.25) is 4.79 Å². The fourth-order valence-corrected chi connectivity index (χ4v) is 3.00. The monoisotopic (exact) mass is 348 g/mol. The van der Waals surface area contributed by atoms with E-state index in [4.69, 9.17) is 4.42 Å². The Hall–Kier alpha value is -1.59. The lowest BCUT2D eigenvalue weighted by Crippen LogP contribution is -2.49. The van der Waals surface area contributed by atoms with Gasteiger partial charge in [0.1, 0.15) is 0 Å². The van der Waals surface area contributed by atoms with Gasteiger partial charge in [0.05, 0.1) is 6.04 Å². The Morgan fingerprint density at radius 2 is 1.95 bits per heavy atom. The van der Waals surface area contributed by atoms with Crippen LogP contribution in [0.2, 0.25) is 0 Å². The lowest BCUT2D eigenvalue weighted by atomic mass is 10.0. The van der Waals surface area contributed by atoms with Crippen LogP contribution in [0.25, 0.3) is 0 Å². The van der Waals surface area contributed by atoms with Gasteiger partial charge in [-0.15, -0.1) is 0 Å². The van der Waals surface area contributed by atoms with Gasteiger partial charge in [-0.2, -0.15) is 0 Å². The van der Waals surface area contributed by atoms with Crippen LogP contribution in [0.5, 0.6) is 0 Å². The summed E-state index contributed by atoms with van der Waals surface area (Å²) < 4.78 is 6.00. The molecule has 1 saturated heterocycles. The normalized spacial score (nSPS) is 19.7. The Morgan fingerprint density at radius 3 is 2.62 bits per heavy atom. The van der Waals surface area contributed by atoms with E-state index in [1.54, 1.807) is 12.1 Å². The summed E-state index contributed by atoms with van der Waals surface area (Å²) in [4.78, 5) is 16.8. The molecule has 0 spiro atoms. The zero-order valence-electron chi connectivity index (χ0n) is 11.8. The average Bonchev–Trinajstić information content (AvgIpc) is 2.94. The molecule has 0 bridgehead atoms. The first-order chi connectivity index (χ1) is 10.1. The highest BCUT2D eigenvalue weighted by molar-refractivity contribution is 9.10. The second-order valence-corrected chi connectivity index (χ2v) is 6.07. The molecule has 0 saturated carbocycles. The van der Waals surface area contributed by atoms with E-state index in [0.717, 1.165) is 18.7 Å². The number of carbonyl (C=O) groups is 1. The highest BCUT2D eigenvalue weighted by atomic mass is 79.9. The number of carbonyl (C=O) groups excluding carboxylic acids is 1. The van der Waals surface area contributed by atoms with E-state index in [-0.39, 0.29) is 11.9 Å². The molecule has 1 unspecified atom stereocenters. The smallest absolute Gasteiger partial charge is 0.290 e. The van der Waals surface area contributed by atoms with Crippen molar-refractivity contribution < 1.29 is 9.21 Å². The first-order valence-corrected chi connectivity index (χ1v) is 7.74. The van der Waals surface area contributed by atoms with E-state index < -0.39 is 0 Å². The molecule has 0 N–H and O–H groups in total. The molecule has 1 aromatic carbocycles. The van der Waals surface area contributed by atoms with Gasteiger partial charge >= 0.3 is 0 Å². The van der Waals surface area contributed by atoms with Crippen LogP contribution in [0.3, 0.4) is 0 Å². The van der Waals surface area contributed by atoms with Crippen molar-refractivity contribution in [2.75, 3.05) is 26.7 Å². The summed E-state index contributed by atoms with van der Waals surface area (Å²) in [5.74, 6) is 0.329. The van der Waals surface area contributed by atoms with Crippen molar-refractivity contribution in [1.29, 1.82) is 0 Å². The first kappa shape index (κ1) is 14.4. The predicted octanol–water partition coefficient (Wildman–Crippen LogP) is 3.17. The second kappa shape index (κ2) is 6.03. The number of benzene rings is 1. The molecule has 2 aromatic rings. The first-order valence-electron chi connectivity index (χ1n) is 6.95. The van der Waals surface area contributed by atoms with E-state index in [1.165, 1.54) is 0 Å². The number of hydrogen-bond donors (Lipinski definition) is 0. The number of amides is 1. The maximum Gasteiger partial charge on any atom is 0.290 e. The third kappa shape index (κ3) is 3.04. The standard InChI is InChI=1S/C16H17BrN2O2/c1-18-9-10-19(16(20)14-7-8-15(17)21-14)13(11-18)12-5-3-2-4-6-12/h2-8,13H,9-11H2,1H3. The summed E-state index contributed by atoms with van der Waals surface area (Å²) >= 11 is 3.25. The molecule has 1 aromatic heterocycles. The summed E-state index contributed by atoms with van der Waals surface area (Å²) in [6, 6.07) is 13.7. The molecule has 0 radical (unpaired) electrons. The summed E-state index contributed by atoms with van der Waals surface area (Å²) in [6.45, 7) is 2.40. The lowest BCUT2D eigenvalue weighted by molar-refractivity contribution is 0.0466. The van der Waals surface area contributed by atoms with Crippen molar-refractivity contribution >= 4 is 21.8 Å². The highest BCUT2D eigenvalue weighted by Crippen LogP contribution is 2.27. The van der Waals surface area contributed by atoms with Gasteiger partial charge in [0, 0.05) is 19.6 Å². The molecule has 1 aliphatic heterocycles. The van der Waals surface area contributed by atoms with Gasteiger partial charge in [0.25, 0.3) is 5.91 Å². The third-order valence-corrected chi connectivity index (χ3v) is 4.24. The maximum absolute atomic E-state index is 12.7. The van der Waals surface area contributed by atoms with E-state index in [2.05, 4.69) is 40.0 Å². The summed E-state index contributed by atoms with van der Waals surface area (Å²) in [6.07, 6.45) is 0. The lowest BCUT2D eigenvalue weighted by Gasteiger charge is -2.39. The van der Waals surface area contributed by atoms with Gasteiger partial charge < -0.3 is 14.2 Å². The fraction of sp³-hybridized carbons (Fsp3) is 0.312. The number of likely N-dealkylation sites (N-methyl/N-ethyl adjacent to an activating group) is 1. The van der Waals surface area contributed by atoms with Crippen LogP contribution in [0.15, 0.2) is 51.6 Å². The van der Waals surface area contributed by atoms with Crippen molar-refractivity contribution in [3.05, 3.63) is 58.5 Å². The Balaban J connectivity index is 1.89. The predicted molar refractivity (Wildman–Crippen MR) is 84.1 cm³/mol. The molecule has 5 heteroatoms. The topological polar surface area (TPSA) is 36.7 Å². The van der Waals surface area contributed by atoms with E-state index in [9.17, 15) is 4.79 Å². The molecule has 110 valence electrons. The fourth-order valence-electron chi connectivity index (χ4n) is 2.69. The molecule has 2 heterocycles. The number of rotatable bonds is 2.